The molecule has 15 heteroatoms. The van der Waals surface area contributed by atoms with Crippen molar-refractivity contribution in [3.8, 4) is 0 Å². The Morgan fingerprint density at radius 1 is 0.467 bits per heavy atom. The molecule has 23 N–H and O–H groups in total. The summed E-state index contributed by atoms with van der Waals surface area (Å²) >= 11 is 0. The largest absolute Gasteiger partial charge is 2.00 e. The van der Waals surface area contributed by atoms with Crippen molar-refractivity contribution in [1.29, 1.82) is 0 Å². The van der Waals surface area contributed by atoms with E-state index >= 15 is 0 Å². The maximum Gasteiger partial charge on any atom is 2.00 e. The van der Waals surface area contributed by atoms with Gasteiger partial charge in [0.1, 0.15) is 0 Å². The van der Waals surface area contributed by atoms with Crippen LogP contribution >= 0.6 is 0 Å². The van der Waals surface area contributed by atoms with E-state index in [1.54, 1.807) is 0 Å². The van der Waals surface area contributed by atoms with Crippen molar-refractivity contribution in [2.75, 3.05) is 0 Å². The van der Waals surface area contributed by atoms with Crippen LogP contribution in [0.3, 0.4) is 0 Å². The minimum absolute atomic E-state index is 0. The molecule has 0 atom stereocenters. The molecule has 0 aliphatic carbocycles. The fourth-order valence-corrected chi connectivity index (χ4v) is 0. The number of hydrogen-bond donors (Lipinski definition) is 3. The third kappa shape index (κ3) is 22400. The first-order chi connectivity index (χ1) is 1.73. The molecule has 0 aromatic heterocycles. The fraction of sp³-hybridized carbons (Fsp3) is 0. The van der Waals surface area contributed by atoms with Crippen LogP contribution in [-0.2, 0) is 0 Å². The van der Waals surface area contributed by atoms with Gasteiger partial charge in [-0.05, 0) is 0 Å². The standard InChI is InChI=1S/BH3O3.Mg.10H2O.2H/c2-1(3)4;;;;;;;;;;;;;/h2-4H;;10*1H2;;/q;+2;;;;;;;;;;;2*-1. The topological polar surface area (TPSA) is 376 Å². The summed E-state index contributed by atoms with van der Waals surface area (Å²) in [7, 11) is -2.17. The monoisotopic (exact) mass is 268 g/mol. The first-order valence-corrected chi connectivity index (χ1v) is 0.775. The van der Waals surface area contributed by atoms with Gasteiger partial charge in [-0.2, -0.15) is 0 Å². The van der Waals surface area contributed by atoms with E-state index < -0.39 is 7.32 Å². The Morgan fingerprint density at radius 2 is 0.467 bits per heavy atom. The molecule has 0 rings (SSSR count). The number of rotatable bonds is 0. The second-order valence-electron chi connectivity index (χ2n) is 0.346. The summed E-state index contributed by atoms with van der Waals surface area (Å²) in [5, 5.41) is 21.5. The summed E-state index contributed by atoms with van der Waals surface area (Å²) < 4.78 is 0. The molecule has 0 saturated carbocycles. The van der Waals surface area contributed by atoms with Gasteiger partial charge in [0.25, 0.3) is 0 Å². The quantitative estimate of drug-likeness (QED) is 0.360. The van der Waals surface area contributed by atoms with Gasteiger partial charge in [-0.25, -0.2) is 0 Å². The van der Waals surface area contributed by atoms with Crippen LogP contribution in [0.1, 0.15) is 2.85 Å². The Kier molecular flexibility index (Phi) is 4410. The van der Waals surface area contributed by atoms with Gasteiger partial charge in [-0.3, -0.25) is 0 Å². The molecule has 0 radical (unpaired) electrons. The smallest absolute Gasteiger partial charge is 1.00 e. The zero-order valence-corrected chi connectivity index (χ0v) is 9.04. The van der Waals surface area contributed by atoms with E-state index in [2.05, 4.69) is 0 Å². The van der Waals surface area contributed by atoms with Crippen LogP contribution in [0.2, 0.25) is 0 Å². The van der Waals surface area contributed by atoms with E-state index in [4.69, 9.17) is 15.1 Å². The predicted octanol–water partition coefficient (Wildman–Crippen LogP) is -10.5. The summed E-state index contributed by atoms with van der Waals surface area (Å²) in [6.45, 7) is 0. The van der Waals surface area contributed by atoms with Crippen LogP contribution < -0.4 is 0 Å². The van der Waals surface area contributed by atoms with Gasteiger partial charge >= 0.3 is 30.4 Å². The molecule has 0 saturated heterocycles. The van der Waals surface area contributed by atoms with E-state index in [1.807, 2.05) is 0 Å². The minimum Gasteiger partial charge on any atom is -1.00 e. The number of hydrogen-bond acceptors (Lipinski definition) is 3. The molecule has 0 aliphatic rings. The summed E-state index contributed by atoms with van der Waals surface area (Å²) in [6.07, 6.45) is 0. The van der Waals surface area contributed by atoms with Crippen molar-refractivity contribution in [3.05, 3.63) is 0 Å². The van der Waals surface area contributed by atoms with Crippen LogP contribution in [-0.4, -0.2) is 100 Å². The maximum atomic E-state index is 7.17. The molecule has 0 fully saturated rings. The minimum atomic E-state index is -2.17. The van der Waals surface area contributed by atoms with Crippen molar-refractivity contribution >= 4 is 30.4 Å². The average Bonchev–Trinajstić information content (AvgIpc) is 0.811. The molecule has 0 aromatic rings. The summed E-state index contributed by atoms with van der Waals surface area (Å²) in [6, 6.07) is 0. The molecule has 0 aromatic carbocycles. The molecule has 108 valence electrons. The summed E-state index contributed by atoms with van der Waals surface area (Å²) in [5.74, 6) is 0. The Bertz CT molecular complexity index is 24.1. The molecule has 15 heavy (non-hydrogen) atoms. The predicted molar refractivity (Wildman–Crippen MR) is 56.5 cm³/mol. The van der Waals surface area contributed by atoms with Crippen LogP contribution in [0.15, 0.2) is 0 Å². The molecule has 0 heterocycles. The normalized spacial score (nSPS) is 1.80. The SMILES string of the molecule is O.O.O.O.O.O.O.O.O.O.OB(O)O.[H-].[H-].[Mg+2]. The third-order valence-electron chi connectivity index (χ3n) is 0. The average molecular weight is 268 g/mol. The van der Waals surface area contributed by atoms with Gasteiger partial charge in [-0.15, -0.1) is 0 Å². The first kappa shape index (κ1) is 286. The van der Waals surface area contributed by atoms with Crippen LogP contribution in [0.4, 0.5) is 0 Å². The second kappa shape index (κ2) is 231. The van der Waals surface area contributed by atoms with Crippen molar-refractivity contribution in [3.63, 3.8) is 0 Å². The van der Waals surface area contributed by atoms with Crippen molar-refractivity contribution in [1.82, 2.24) is 0 Å². The molecular weight excluding hydrogens is 243 g/mol. The van der Waals surface area contributed by atoms with Gasteiger partial charge in [0.05, 0.1) is 0 Å². The van der Waals surface area contributed by atoms with E-state index in [0.717, 1.165) is 0 Å². The first-order valence-electron chi connectivity index (χ1n) is 0.775. The zero-order chi connectivity index (χ0) is 3.58. The molecular formula is H25BMgO13. The van der Waals surface area contributed by atoms with E-state index in [-0.39, 0.29) is 80.7 Å². The van der Waals surface area contributed by atoms with Gasteiger partial charge in [0, 0.05) is 0 Å². The van der Waals surface area contributed by atoms with E-state index in [9.17, 15) is 0 Å². The van der Waals surface area contributed by atoms with Crippen molar-refractivity contribution < 1.29 is 72.7 Å². The fourth-order valence-electron chi connectivity index (χ4n) is 0. The van der Waals surface area contributed by atoms with Crippen LogP contribution in [0.5, 0.6) is 0 Å². The van der Waals surface area contributed by atoms with Crippen molar-refractivity contribution in [2.45, 2.75) is 0 Å². The second-order valence-corrected chi connectivity index (χ2v) is 0.346. The van der Waals surface area contributed by atoms with E-state index in [1.165, 1.54) is 0 Å². The van der Waals surface area contributed by atoms with Gasteiger partial charge in [0.2, 0.25) is 0 Å². The zero-order valence-electron chi connectivity index (χ0n) is 9.63. The van der Waals surface area contributed by atoms with Gasteiger partial charge < -0.3 is 72.7 Å². The molecule has 0 unspecified atom stereocenters. The van der Waals surface area contributed by atoms with Crippen LogP contribution in [0, 0.1) is 0 Å². The maximum absolute atomic E-state index is 7.17. The third-order valence-corrected chi connectivity index (χ3v) is 0. The molecule has 0 aliphatic heterocycles. The Hall–Kier alpha value is 0.311. The Labute approximate surface area is 104 Å². The summed E-state index contributed by atoms with van der Waals surface area (Å²) in [4.78, 5) is 0. The molecule has 0 spiro atoms. The summed E-state index contributed by atoms with van der Waals surface area (Å²) in [5.41, 5.74) is 0. The van der Waals surface area contributed by atoms with Gasteiger partial charge in [-0.1, -0.05) is 0 Å². The molecule has 0 bridgehead atoms. The van der Waals surface area contributed by atoms with Gasteiger partial charge in [0.15, 0.2) is 0 Å². The molecule has 13 nitrogen and oxygen atoms in total. The van der Waals surface area contributed by atoms with Crippen LogP contribution in [0.25, 0.3) is 0 Å². The molecule has 0 amide bonds. The van der Waals surface area contributed by atoms with Crippen molar-refractivity contribution in [2.24, 2.45) is 0 Å². The Balaban J connectivity index is -0.000000000577. The van der Waals surface area contributed by atoms with E-state index in [0.29, 0.717) is 0 Å². The Morgan fingerprint density at radius 3 is 0.467 bits per heavy atom.